The summed E-state index contributed by atoms with van der Waals surface area (Å²) in [5.41, 5.74) is 1.64. The highest BCUT2D eigenvalue weighted by Crippen LogP contribution is 2.17. The van der Waals surface area contributed by atoms with Gasteiger partial charge in [-0.3, -0.25) is 4.98 Å². The van der Waals surface area contributed by atoms with E-state index < -0.39 is 0 Å². The molecule has 0 saturated heterocycles. The smallest absolute Gasteiger partial charge is 0.126 e. The SMILES string of the molecule is CCNC(Cc1ccccn1)Cc1cc(Cl)ccc1F. The summed E-state index contributed by atoms with van der Waals surface area (Å²) in [6, 6.07) is 10.7. The van der Waals surface area contributed by atoms with Crippen molar-refractivity contribution in [1.82, 2.24) is 10.3 Å². The highest BCUT2D eigenvalue weighted by atomic mass is 35.5. The fourth-order valence-corrected chi connectivity index (χ4v) is 2.44. The van der Waals surface area contributed by atoms with Gasteiger partial charge in [0.15, 0.2) is 0 Å². The molecule has 4 heteroatoms. The summed E-state index contributed by atoms with van der Waals surface area (Å²) in [5, 5.41) is 3.94. The molecular weight excluding hydrogens is 275 g/mol. The quantitative estimate of drug-likeness (QED) is 0.879. The van der Waals surface area contributed by atoms with Crippen LogP contribution >= 0.6 is 11.6 Å². The molecule has 1 aromatic heterocycles. The van der Waals surface area contributed by atoms with Crippen molar-refractivity contribution < 1.29 is 4.39 Å². The minimum Gasteiger partial charge on any atom is -0.314 e. The van der Waals surface area contributed by atoms with E-state index in [0.717, 1.165) is 18.7 Å². The van der Waals surface area contributed by atoms with E-state index in [4.69, 9.17) is 11.6 Å². The molecule has 0 amide bonds. The number of pyridine rings is 1. The Kier molecular flexibility index (Phi) is 5.50. The molecule has 0 saturated carbocycles. The molecule has 20 heavy (non-hydrogen) atoms. The molecule has 0 bridgehead atoms. The van der Waals surface area contributed by atoms with Crippen molar-refractivity contribution in [1.29, 1.82) is 0 Å². The first-order valence-corrected chi connectivity index (χ1v) is 7.14. The van der Waals surface area contributed by atoms with Gasteiger partial charge in [-0.15, -0.1) is 0 Å². The fraction of sp³-hybridized carbons (Fsp3) is 0.312. The van der Waals surface area contributed by atoms with Crippen LogP contribution in [0.3, 0.4) is 0 Å². The predicted molar refractivity (Wildman–Crippen MR) is 80.5 cm³/mol. The van der Waals surface area contributed by atoms with Gasteiger partial charge in [-0.25, -0.2) is 4.39 Å². The molecule has 0 aliphatic carbocycles. The minimum atomic E-state index is -0.210. The van der Waals surface area contributed by atoms with Gasteiger partial charge in [0.2, 0.25) is 0 Å². The molecule has 2 nitrogen and oxygen atoms in total. The summed E-state index contributed by atoms with van der Waals surface area (Å²) >= 11 is 5.94. The van der Waals surface area contributed by atoms with E-state index >= 15 is 0 Å². The Bertz CT molecular complexity index is 545. The van der Waals surface area contributed by atoms with Crippen LogP contribution in [-0.2, 0) is 12.8 Å². The van der Waals surface area contributed by atoms with Crippen molar-refractivity contribution in [2.24, 2.45) is 0 Å². The minimum absolute atomic E-state index is 0.142. The summed E-state index contributed by atoms with van der Waals surface area (Å²) in [7, 11) is 0. The Morgan fingerprint density at radius 2 is 2.10 bits per heavy atom. The lowest BCUT2D eigenvalue weighted by atomic mass is 10.0. The molecule has 1 heterocycles. The normalized spacial score (nSPS) is 12.3. The van der Waals surface area contributed by atoms with Gasteiger partial charge in [0.1, 0.15) is 5.82 Å². The van der Waals surface area contributed by atoms with E-state index in [0.29, 0.717) is 17.0 Å². The number of hydrogen-bond acceptors (Lipinski definition) is 2. The number of likely N-dealkylation sites (N-methyl/N-ethyl adjacent to an activating group) is 1. The van der Waals surface area contributed by atoms with E-state index in [9.17, 15) is 4.39 Å². The molecule has 1 atom stereocenters. The van der Waals surface area contributed by atoms with E-state index in [1.165, 1.54) is 6.07 Å². The standard InChI is InChI=1S/C16H18ClFN2/c1-2-19-15(11-14-5-3-4-8-20-14)10-12-9-13(17)6-7-16(12)18/h3-9,15,19H,2,10-11H2,1H3. The van der Waals surface area contributed by atoms with E-state index in [-0.39, 0.29) is 11.9 Å². The Labute approximate surface area is 124 Å². The van der Waals surface area contributed by atoms with Crippen LogP contribution in [0.1, 0.15) is 18.2 Å². The molecular formula is C16H18ClFN2. The third kappa shape index (κ3) is 4.29. The van der Waals surface area contributed by atoms with Crippen molar-refractivity contribution in [2.75, 3.05) is 6.54 Å². The third-order valence-electron chi connectivity index (χ3n) is 3.15. The van der Waals surface area contributed by atoms with Crippen LogP contribution in [-0.4, -0.2) is 17.6 Å². The first-order valence-electron chi connectivity index (χ1n) is 6.76. The second-order valence-electron chi connectivity index (χ2n) is 4.72. The van der Waals surface area contributed by atoms with Crippen LogP contribution in [0.4, 0.5) is 4.39 Å². The van der Waals surface area contributed by atoms with Crippen LogP contribution in [0.25, 0.3) is 0 Å². The molecule has 0 fully saturated rings. The van der Waals surface area contributed by atoms with E-state index in [1.807, 2.05) is 25.1 Å². The number of nitrogens with zero attached hydrogens (tertiary/aromatic N) is 1. The molecule has 1 N–H and O–H groups in total. The van der Waals surface area contributed by atoms with Gasteiger partial charge in [-0.1, -0.05) is 24.6 Å². The topological polar surface area (TPSA) is 24.9 Å². The molecule has 0 aliphatic rings. The molecule has 1 aromatic carbocycles. The number of halogens is 2. The van der Waals surface area contributed by atoms with Gasteiger partial charge >= 0.3 is 0 Å². The van der Waals surface area contributed by atoms with Crippen molar-refractivity contribution in [3.8, 4) is 0 Å². The van der Waals surface area contributed by atoms with Gasteiger partial charge in [0.25, 0.3) is 0 Å². The second-order valence-corrected chi connectivity index (χ2v) is 5.16. The summed E-state index contributed by atoms with van der Waals surface area (Å²) < 4.78 is 13.8. The molecule has 2 aromatic rings. The maximum Gasteiger partial charge on any atom is 0.126 e. The number of rotatable bonds is 6. The molecule has 2 rings (SSSR count). The Hall–Kier alpha value is -1.45. The van der Waals surface area contributed by atoms with E-state index in [2.05, 4.69) is 10.3 Å². The van der Waals surface area contributed by atoms with E-state index in [1.54, 1.807) is 18.3 Å². The molecule has 0 radical (unpaired) electrons. The highest BCUT2D eigenvalue weighted by Gasteiger charge is 2.13. The van der Waals surface area contributed by atoms with Gasteiger partial charge < -0.3 is 5.32 Å². The number of aromatic nitrogens is 1. The second kappa shape index (κ2) is 7.36. The zero-order valence-corrected chi connectivity index (χ0v) is 12.2. The first-order chi connectivity index (χ1) is 9.69. The lowest BCUT2D eigenvalue weighted by Gasteiger charge is -2.18. The first kappa shape index (κ1) is 14.9. The maximum absolute atomic E-state index is 13.8. The summed E-state index contributed by atoms with van der Waals surface area (Å²) in [5.74, 6) is -0.210. The number of benzene rings is 1. The van der Waals surface area contributed by atoms with Crippen molar-refractivity contribution in [3.63, 3.8) is 0 Å². The number of hydrogen-bond donors (Lipinski definition) is 1. The van der Waals surface area contributed by atoms with Crippen molar-refractivity contribution in [2.45, 2.75) is 25.8 Å². The molecule has 0 aliphatic heterocycles. The van der Waals surface area contributed by atoms with Gasteiger partial charge in [-0.05, 0) is 48.9 Å². The Morgan fingerprint density at radius 3 is 2.80 bits per heavy atom. The monoisotopic (exact) mass is 292 g/mol. The van der Waals surface area contributed by atoms with Crippen LogP contribution in [0.2, 0.25) is 5.02 Å². The summed E-state index contributed by atoms with van der Waals surface area (Å²) in [6.07, 6.45) is 3.13. The van der Waals surface area contributed by atoms with Crippen LogP contribution in [0, 0.1) is 5.82 Å². The third-order valence-corrected chi connectivity index (χ3v) is 3.38. The predicted octanol–water partition coefficient (Wildman–Crippen LogP) is 3.64. The largest absolute Gasteiger partial charge is 0.314 e. The molecule has 1 unspecified atom stereocenters. The number of nitrogens with one attached hydrogen (secondary N) is 1. The maximum atomic E-state index is 13.8. The highest BCUT2D eigenvalue weighted by molar-refractivity contribution is 6.30. The Balaban J connectivity index is 2.11. The fourth-order valence-electron chi connectivity index (χ4n) is 2.24. The van der Waals surface area contributed by atoms with Crippen molar-refractivity contribution >= 4 is 11.6 Å². The zero-order valence-electron chi connectivity index (χ0n) is 11.4. The average molecular weight is 293 g/mol. The molecule has 0 spiro atoms. The average Bonchev–Trinajstić information content (AvgIpc) is 2.44. The van der Waals surface area contributed by atoms with Gasteiger partial charge in [0, 0.05) is 29.4 Å². The lowest BCUT2D eigenvalue weighted by molar-refractivity contribution is 0.502. The van der Waals surface area contributed by atoms with Gasteiger partial charge in [0.05, 0.1) is 0 Å². The summed E-state index contributed by atoms with van der Waals surface area (Å²) in [6.45, 7) is 2.87. The lowest BCUT2D eigenvalue weighted by Crippen LogP contribution is -2.33. The molecule has 106 valence electrons. The van der Waals surface area contributed by atoms with Crippen LogP contribution in [0.15, 0.2) is 42.6 Å². The van der Waals surface area contributed by atoms with Crippen molar-refractivity contribution in [3.05, 3.63) is 64.7 Å². The zero-order chi connectivity index (χ0) is 14.4. The van der Waals surface area contributed by atoms with Crippen LogP contribution in [0.5, 0.6) is 0 Å². The Morgan fingerprint density at radius 1 is 1.25 bits per heavy atom. The summed E-state index contributed by atoms with van der Waals surface area (Å²) in [4.78, 5) is 4.32. The van der Waals surface area contributed by atoms with Gasteiger partial charge in [-0.2, -0.15) is 0 Å². The van der Waals surface area contributed by atoms with Crippen LogP contribution < -0.4 is 5.32 Å².